The highest BCUT2D eigenvalue weighted by Crippen LogP contribution is 2.44. The Labute approximate surface area is 215 Å². The molecule has 3 N–H and O–H groups in total. The fraction of sp³-hybridized carbons (Fsp3) is 0.161. The predicted molar refractivity (Wildman–Crippen MR) is 140 cm³/mol. The van der Waals surface area contributed by atoms with E-state index in [0.717, 1.165) is 27.8 Å². The third kappa shape index (κ3) is 4.97. The molecular weight excluding hydrogens is 466 g/mol. The Kier molecular flexibility index (Phi) is 6.75. The highest BCUT2D eigenvalue weighted by atomic mass is 16.5. The Morgan fingerprint density at radius 1 is 0.757 bits per heavy atom. The molecule has 4 aromatic carbocycles. The predicted octanol–water partition coefficient (Wildman–Crippen LogP) is 4.95. The molecule has 0 saturated carbocycles. The zero-order chi connectivity index (χ0) is 25.8. The van der Waals surface area contributed by atoms with E-state index in [4.69, 9.17) is 15.2 Å². The van der Waals surface area contributed by atoms with Crippen LogP contribution in [0.3, 0.4) is 0 Å². The van der Waals surface area contributed by atoms with Gasteiger partial charge < -0.3 is 20.3 Å². The van der Waals surface area contributed by atoms with Gasteiger partial charge in [-0.2, -0.15) is 0 Å². The number of fused-ring (bicyclic) bond motifs is 3. The maximum Gasteiger partial charge on any atom is 0.338 e. The van der Waals surface area contributed by atoms with Crippen molar-refractivity contribution >= 4 is 11.9 Å². The van der Waals surface area contributed by atoms with Gasteiger partial charge in [-0.25, -0.2) is 9.59 Å². The quantitative estimate of drug-likeness (QED) is 0.253. The minimum absolute atomic E-state index is 0.00531. The first kappa shape index (κ1) is 24.3. The van der Waals surface area contributed by atoms with E-state index in [1.165, 1.54) is 0 Å². The smallest absolute Gasteiger partial charge is 0.338 e. The summed E-state index contributed by atoms with van der Waals surface area (Å²) in [5, 5.41) is 9.89. The Morgan fingerprint density at radius 3 is 1.92 bits per heavy atom. The average molecular weight is 494 g/mol. The molecule has 0 unspecified atom stereocenters. The van der Waals surface area contributed by atoms with Crippen LogP contribution < -0.4 is 10.5 Å². The van der Waals surface area contributed by atoms with E-state index in [-0.39, 0.29) is 18.9 Å². The average Bonchev–Trinajstić information content (AvgIpc) is 3.25. The number of carbonyl (C=O) groups is 2. The molecule has 0 fully saturated rings. The van der Waals surface area contributed by atoms with E-state index in [1.54, 1.807) is 24.3 Å². The van der Waals surface area contributed by atoms with Crippen LogP contribution in [0.2, 0.25) is 0 Å². The van der Waals surface area contributed by atoms with Gasteiger partial charge in [0.2, 0.25) is 5.54 Å². The van der Waals surface area contributed by atoms with Crippen molar-refractivity contribution < 1.29 is 24.2 Å². The van der Waals surface area contributed by atoms with Crippen LogP contribution in [0.15, 0.2) is 103 Å². The summed E-state index contributed by atoms with van der Waals surface area (Å²) in [5.74, 6) is -1.96. The van der Waals surface area contributed by atoms with Crippen LogP contribution in [0.1, 0.15) is 28.2 Å². The lowest BCUT2D eigenvalue weighted by atomic mass is 9.91. The first-order chi connectivity index (χ1) is 18.0. The van der Waals surface area contributed by atoms with Gasteiger partial charge in [-0.1, -0.05) is 91.0 Å². The second-order valence-electron chi connectivity index (χ2n) is 9.20. The lowest BCUT2D eigenvalue weighted by Gasteiger charge is -2.24. The Balaban J connectivity index is 1.26. The van der Waals surface area contributed by atoms with Crippen LogP contribution in [-0.2, 0) is 27.4 Å². The SMILES string of the molecule is N[C@@](Cc1ccc(OCc2ccccc2)cc1)(C(=O)O)C(=O)OCC1c2ccccc2-c2ccccc21. The van der Waals surface area contributed by atoms with Gasteiger partial charge in [0.1, 0.15) is 19.0 Å². The fourth-order valence-electron chi connectivity index (χ4n) is 4.73. The number of benzene rings is 4. The molecule has 0 bridgehead atoms. The maximum atomic E-state index is 13.1. The third-order valence-corrected chi connectivity index (χ3v) is 6.74. The zero-order valence-corrected chi connectivity index (χ0v) is 20.2. The van der Waals surface area contributed by atoms with Crippen LogP contribution in [0.4, 0.5) is 0 Å². The van der Waals surface area contributed by atoms with Crippen molar-refractivity contribution in [2.75, 3.05) is 6.61 Å². The lowest BCUT2D eigenvalue weighted by molar-refractivity contribution is -0.161. The summed E-state index contributed by atoms with van der Waals surface area (Å²) in [6.07, 6.45) is -0.210. The highest BCUT2D eigenvalue weighted by Gasteiger charge is 2.45. The Morgan fingerprint density at radius 2 is 1.32 bits per heavy atom. The monoisotopic (exact) mass is 493 g/mol. The van der Waals surface area contributed by atoms with Crippen molar-refractivity contribution in [3.63, 3.8) is 0 Å². The molecule has 0 amide bonds. The summed E-state index contributed by atoms with van der Waals surface area (Å²) in [4.78, 5) is 25.2. The van der Waals surface area contributed by atoms with Gasteiger partial charge in [0.25, 0.3) is 0 Å². The molecule has 0 saturated heterocycles. The van der Waals surface area contributed by atoms with Crippen molar-refractivity contribution in [1.82, 2.24) is 0 Å². The van der Waals surface area contributed by atoms with Gasteiger partial charge >= 0.3 is 11.9 Å². The molecule has 1 aliphatic rings. The molecule has 5 rings (SSSR count). The van der Waals surface area contributed by atoms with E-state index in [2.05, 4.69) is 0 Å². The third-order valence-electron chi connectivity index (χ3n) is 6.74. The molecule has 0 aliphatic heterocycles. The molecule has 37 heavy (non-hydrogen) atoms. The number of carboxylic acids is 1. The molecule has 0 radical (unpaired) electrons. The van der Waals surface area contributed by atoms with Crippen LogP contribution in [0.25, 0.3) is 11.1 Å². The second-order valence-corrected chi connectivity index (χ2v) is 9.20. The number of hydrogen-bond donors (Lipinski definition) is 2. The van der Waals surface area contributed by atoms with Crippen molar-refractivity contribution in [2.24, 2.45) is 5.73 Å². The number of hydrogen-bond acceptors (Lipinski definition) is 5. The van der Waals surface area contributed by atoms with Gasteiger partial charge in [0.05, 0.1) is 0 Å². The van der Waals surface area contributed by atoms with Gasteiger partial charge in [-0.05, 0) is 45.5 Å². The first-order valence-corrected chi connectivity index (χ1v) is 12.1. The molecule has 1 atom stereocenters. The number of aliphatic carboxylic acids is 1. The molecule has 0 aromatic heterocycles. The molecule has 0 heterocycles. The minimum atomic E-state index is -2.22. The normalized spacial score (nSPS) is 13.8. The standard InChI is InChI=1S/C31H27NO5/c32-31(29(33)34,18-21-14-16-23(17-15-21)36-19-22-8-2-1-3-9-22)30(35)37-20-28-26-12-6-4-10-24(26)25-11-5-7-13-27(25)28/h1-17,28H,18-20,32H2,(H,33,34)/t31-/m0/s1. The lowest BCUT2D eigenvalue weighted by Crippen LogP contribution is -2.57. The molecule has 186 valence electrons. The molecule has 1 aliphatic carbocycles. The Hall–Kier alpha value is -4.42. The summed E-state index contributed by atoms with van der Waals surface area (Å²) >= 11 is 0. The summed E-state index contributed by atoms with van der Waals surface area (Å²) < 4.78 is 11.4. The largest absolute Gasteiger partial charge is 0.489 e. The van der Waals surface area contributed by atoms with Crippen LogP contribution in [-0.4, -0.2) is 29.2 Å². The molecule has 0 spiro atoms. The Bertz CT molecular complexity index is 1370. The highest BCUT2D eigenvalue weighted by molar-refractivity contribution is 6.04. The summed E-state index contributed by atoms with van der Waals surface area (Å²) in [5.41, 5.74) is 9.83. The van der Waals surface area contributed by atoms with E-state index in [9.17, 15) is 14.7 Å². The first-order valence-electron chi connectivity index (χ1n) is 12.1. The molecular formula is C31H27NO5. The van der Waals surface area contributed by atoms with Crippen LogP contribution in [0, 0.1) is 0 Å². The molecule has 4 aromatic rings. The maximum absolute atomic E-state index is 13.1. The number of nitrogens with two attached hydrogens (primary N) is 1. The van der Waals surface area contributed by atoms with E-state index >= 15 is 0 Å². The minimum Gasteiger partial charge on any atom is -0.489 e. The van der Waals surface area contributed by atoms with Crippen LogP contribution in [0.5, 0.6) is 5.75 Å². The van der Waals surface area contributed by atoms with Crippen molar-refractivity contribution in [1.29, 1.82) is 0 Å². The topological polar surface area (TPSA) is 98.9 Å². The fourth-order valence-corrected chi connectivity index (χ4v) is 4.73. The van der Waals surface area contributed by atoms with Crippen molar-refractivity contribution in [3.05, 3.63) is 125 Å². The summed E-state index contributed by atoms with van der Waals surface area (Å²) in [6.45, 7) is 0.418. The van der Waals surface area contributed by atoms with Gasteiger partial charge in [-0.15, -0.1) is 0 Å². The molecule has 6 heteroatoms. The summed E-state index contributed by atoms with van der Waals surface area (Å²) in [7, 11) is 0. The molecule has 6 nitrogen and oxygen atoms in total. The van der Waals surface area contributed by atoms with Gasteiger partial charge in [0, 0.05) is 12.3 Å². The number of carboxylic acid groups (broad SMARTS) is 1. The summed E-state index contributed by atoms with van der Waals surface area (Å²) in [6, 6.07) is 32.6. The van der Waals surface area contributed by atoms with Crippen molar-refractivity contribution in [2.45, 2.75) is 24.5 Å². The van der Waals surface area contributed by atoms with Crippen LogP contribution >= 0.6 is 0 Å². The van der Waals surface area contributed by atoms with E-state index in [1.807, 2.05) is 78.9 Å². The van der Waals surface area contributed by atoms with Gasteiger partial charge in [0.15, 0.2) is 0 Å². The number of rotatable bonds is 9. The van der Waals surface area contributed by atoms with Crippen molar-refractivity contribution in [3.8, 4) is 16.9 Å². The van der Waals surface area contributed by atoms with Gasteiger partial charge in [-0.3, -0.25) is 0 Å². The second kappa shape index (κ2) is 10.3. The van der Waals surface area contributed by atoms with E-state index in [0.29, 0.717) is 17.9 Å². The number of esters is 1. The van der Waals surface area contributed by atoms with E-state index < -0.39 is 17.5 Å². The number of carbonyl (C=O) groups excluding carboxylic acids is 1. The zero-order valence-electron chi connectivity index (χ0n) is 20.2. The number of ether oxygens (including phenoxy) is 2.